The molecule has 2 rings (SSSR count). The van der Waals surface area contributed by atoms with Gasteiger partial charge in [0.15, 0.2) is 0 Å². The monoisotopic (exact) mass is 297 g/mol. The Morgan fingerprint density at radius 2 is 1.45 bits per heavy atom. The first kappa shape index (κ1) is 15.8. The van der Waals surface area contributed by atoms with Gasteiger partial charge in [-0.05, 0) is 23.6 Å². The molecule has 114 valence electrons. The molecule has 0 fully saturated rings. The third kappa shape index (κ3) is 3.52. The van der Waals surface area contributed by atoms with E-state index < -0.39 is 5.97 Å². The van der Waals surface area contributed by atoms with Crippen LogP contribution in [0.25, 0.3) is 0 Å². The highest BCUT2D eigenvalue weighted by Crippen LogP contribution is 2.22. The summed E-state index contributed by atoms with van der Waals surface area (Å²) in [6, 6.07) is 15.7. The molecule has 0 aromatic heterocycles. The normalized spacial score (nSPS) is 12.0. The zero-order valence-corrected chi connectivity index (χ0v) is 12.6. The molecule has 0 saturated carbocycles. The molecule has 2 N–H and O–H groups in total. The molecule has 0 spiro atoms. The number of benzene rings is 2. The van der Waals surface area contributed by atoms with E-state index in [1.54, 1.807) is 12.1 Å². The smallest absolute Gasteiger partial charge is 0.336 e. The first-order valence-electron chi connectivity index (χ1n) is 7.19. The van der Waals surface area contributed by atoms with E-state index in [-0.39, 0.29) is 29.0 Å². The van der Waals surface area contributed by atoms with Crippen LogP contribution in [0.15, 0.2) is 54.6 Å². The van der Waals surface area contributed by atoms with Gasteiger partial charge in [-0.2, -0.15) is 0 Å². The number of aromatic carboxylic acids is 1. The van der Waals surface area contributed by atoms with Gasteiger partial charge in [0.25, 0.3) is 5.91 Å². The molecule has 0 aliphatic heterocycles. The number of carboxylic acids is 1. The molecular formula is C18H19NO3. The Morgan fingerprint density at radius 3 is 2.00 bits per heavy atom. The molecule has 0 aliphatic rings. The van der Waals surface area contributed by atoms with Crippen molar-refractivity contribution in [3.63, 3.8) is 0 Å². The maximum absolute atomic E-state index is 12.5. The molecule has 0 saturated heterocycles. The lowest BCUT2D eigenvalue weighted by Gasteiger charge is -2.23. The highest BCUT2D eigenvalue weighted by molar-refractivity contribution is 6.04. The van der Waals surface area contributed by atoms with E-state index in [9.17, 15) is 14.7 Å². The molecule has 0 heterocycles. The van der Waals surface area contributed by atoms with E-state index in [1.165, 1.54) is 12.1 Å². The van der Waals surface area contributed by atoms with Crippen molar-refractivity contribution in [1.82, 2.24) is 5.32 Å². The average Bonchev–Trinajstić information content (AvgIpc) is 2.52. The van der Waals surface area contributed by atoms with Crippen molar-refractivity contribution in [3.8, 4) is 0 Å². The molecule has 22 heavy (non-hydrogen) atoms. The van der Waals surface area contributed by atoms with Crippen LogP contribution in [0.1, 0.15) is 46.2 Å². The zero-order valence-electron chi connectivity index (χ0n) is 12.6. The molecule has 1 amide bonds. The minimum Gasteiger partial charge on any atom is -0.478 e. The lowest BCUT2D eigenvalue weighted by atomic mass is 9.95. The summed E-state index contributed by atoms with van der Waals surface area (Å²) in [5.41, 5.74) is 1.19. The van der Waals surface area contributed by atoms with E-state index >= 15 is 0 Å². The maximum Gasteiger partial charge on any atom is 0.336 e. The fourth-order valence-corrected chi connectivity index (χ4v) is 2.38. The van der Waals surface area contributed by atoms with E-state index in [0.717, 1.165) is 5.56 Å². The second-order valence-corrected chi connectivity index (χ2v) is 5.46. The van der Waals surface area contributed by atoms with Gasteiger partial charge in [0.1, 0.15) is 0 Å². The topological polar surface area (TPSA) is 66.4 Å². The molecule has 4 heteroatoms. The van der Waals surface area contributed by atoms with Crippen LogP contribution in [-0.2, 0) is 0 Å². The van der Waals surface area contributed by atoms with Crippen LogP contribution in [0.3, 0.4) is 0 Å². The number of hydrogen-bond acceptors (Lipinski definition) is 2. The van der Waals surface area contributed by atoms with Crippen molar-refractivity contribution in [1.29, 1.82) is 0 Å². The molecule has 0 radical (unpaired) electrons. The predicted molar refractivity (Wildman–Crippen MR) is 84.9 cm³/mol. The summed E-state index contributed by atoms with van der Waals surface area (Å²) in [6.45, 7) is 4.03. The van der Waals surface area contributed by atoms with E-state index in [4.69, 9.17) is 0 Å². The summed E-state index contributed by atoms with van der Waals surface area (Å²) < 4.78 is 0. The summed E-state index contributed by atoms with van der Waals surface area (Å²) in [5, 5.41) is 12.1. The van der Waals surface area contributed by atoms with E-state index in [2.05, 4.69) is 5.32 Å². The third-order valence-electron chi connectivity index (χ3n) is 3.51. The number of nitrogens with one attached hydrogen (secondary N) is 1. The summed E-state index contributed by atoms with van der Waals surface area (Å²) in [4.78, 5) is 23.7. The Kier molecular flexibility index (Phi) is 4.94. The molecule has 2 aromatic carbocycles. The third-order valence-corrected chi connectivity index (χ3v) is 3.51. The van der Waals surface area contributed by atoms with Crippen LogP contribution in [0.2, 0.25) is 0 Å². The summed E-state index contributed by atoms with van der Waals surface area (Å²) >= 11 is 0. The van der Waals surface area contributed by atoms with Gasteiger partial charge in [-0.1, -0.05) is 56.3 Å². The Hall–Kier alpha value is -2.62. The summed E-state index contributed by atoms with van der Waals surface area (Å²) in [5.74, 6) is -1.30. The number of amides is 1. The van der Waals surface area contributed by atoms with Gasteiger partial charge in [0.2, 0.25) is 0 Å². The summed E-state index contributed by atoms with van der Waals surface area (Å²) in [7, 11) is 0. The minimum absolute atomic E-state index is 0.00979. The molecule has 0 bridgehead atoms. The van der Waals surface area contributed by atoms with Crippen molar-refractivity contribution in [2.75, 3.05) is 0 Å². The minimum atomic E-state index is -1.11. The largest absolute Gasteiger partial charge is 0.478 e. The van der Waals surface area contributed by atoms with Crippen molar-refractivity contribution in [2.45, 2.75) is 19.9 Å². The van der Waals surface area contributed by atoms with Crippen LogP contribution in [0, 0.1) is 5.92 Å². The number of carboxylic acid groups (broad SMARTS) is 1. The Labute approximate surface area is 129 Å². The molecule has 2 aromatic rings. The van der Waals surface area contributed by atoms with Gasteiger partial charge >= 0.3 is 5.97 Å². The number of carbonyl (C=O) groups is 2. The Bertz CT molecular complexity index is 665. The van der Waals surface area contributed by atoms with Crippen molar-refractivity contribution >= 4 is 11.9 Å². The highest BCUT2D eigenvalue weighted by atomic mass is 16.4. The van der Waals surface area contributed by atoms with Crippen molar-refractivity contribution in [3.05, 3.63) is 71.3 Å². The van der Waals surface area contributed by atoms with E-state index in [1.807, 2.05) is 44.2 Å². The van der Waals surface area contributed by atoms with Gasteiger partial charge in [-0.3, -0.25) is 4.79 Å². The lowest BCUT2D eigenvalue weighted by Crippen LogP contribution is -2.32. The Morgan fingerprint density at radius 1 is 0.909 bits per heavy atom. The molecule has 0 unspecified atom stereocenters. The SMILES string of the molecule is CC(C)[C@H](NC(=O)c1ccccc1C(=O)O)c1ccccc1. The van der Waals surface area contributed by atoms with Crippen LogP contribution in [0.5, 0.6) is 0 Å². The molecular weight excluding hydrogens is 278 g/mol. The number of hydrogen-bond donors (Lipinski definition) is 2. The first-order valence-corrected chi connectivity index (χ1v) is 7.19. The van der Waals surface area contributed by atoms with Crippen LogP contribution < -0.4 is 5.32 Å². The van der Waals surface area contributed by atoms with Gasteiger partial charge in [-0.25, -0.2) is 4.79 Å². The molecule has 4 nitrogen and oxygen atoms in total. The van der Waals surface area contributed by atoms with Gasteiger partial charge < -0.3 is 10.4 Å². The number of carbonyl (C=O) groups excluding carboxylic acids is 1. The average molecular weight is 297 g/mol. The Balaban J connectivity index is 2.28. The lowest BCUT2D eigenvalue weighted by molar-refractivity contribution is 0.0690. The zero-order chi connectivity index (χ0) is 16.1. The first-order chi connectivity index (χ1) is 10.5. The second-order valence-electron chi connectivity index (χ2n) is 5.46. The highest BCUT2D eigenvalue weighted by Gasteiger charge is 2.21. The molecule has 0 aliphatic carbocycles. The molecule has 1 atom stereocenters. The van der Waals surface area contributed by atoms with Crippen LogP contribution in [-0.4, -0.2) is 17.0 Å². The standard InChI is InChI=1S/C18H19NO3/c1-12(2)16(13-8-4-3-5-9-13)19-17(20)14-10-6-7-11-15(14)18(21)22/h3-12,16H,1-2H3,(H,19,20)(H,21,22)/t16-/m0/s1. The quantitative estimate of drug-likeness (QED) is 0.887. The van der Waals surface area contributed by atoms with Crippen LogP contribution in [0.4, 0.5) is 0 Å². The van der Waals surface area contributed by atoms with E-state index in [0.29, 0.717) is 0 Å². The predicted octanol–water partition coefficient (Wildman–Crippen LogP) is 3.51. The summed E-state index contributed by atoms with van der Waals surface area (Å²) in [6.07, 6.45) is 0. The second kappa shape index (κ2) is 6.89. The van der Waals surface area contributed by atoms with Crippen LogP contribution >= 0.6 is 0 Å². The fourth-order valence-electron chi connectivity index (χ4n) is 2.38. The van der Waals surface area contributed by atoms with Gasteiger partial charge in [-0.15, -0.1) is 0 Å². The number of rotatable bonds is 5. The maximum atomic E-state index is 12.5. The van der Waals surface area contributed by atoms with Gasteiger partial charge in [0, 0.05) is 0 Å². The van der Waals surface area contributed by atoms with Gasteiger partial charge in [0.05, 0.1) is 17.2 Å². The fraction of sp³-hybridized carbons (Fsp3) is 0.222. The van der Waals surface area contributed by atoms with Crippen molar-refractivity contribution < 1.29 is 14.7 Å². The van der Waals surface area contributed by atoms with Crippen molar-refractivity contribution in [2.24, 2.45) is 5.92 Å².